The third-order valence-corrected chi connectivity index (χ3v) is 7.12. The van der Waals surface area contributed by atoms with Gasteiger partial charge >= 0.3 is 0 Å². The fourth-order valence-corrected chi connectivity index (χ4v) is 5.24. The minimum Gasteiger partial charge on any atom is -0.355 e. The molecule has 1 fully saturated rings. The van der Waals surface area contributed by atoms with Gasteiger partial charge in [-0.25, -0.2) is 4.98 Å². The summed E-state index contributed by atoms with van der Waals surface area (Å²) in [5.74, 6) is 2.16. The molecule has 2 aliphatic rings. The van der Waals surface area contributed by atoms with Gasteiger partial charge < -0.3 is 9.80 Å². The van der Waals surface area contributed by atoms with Crippen LogP contribution in [0.25, 0.3) is 0 Å². The molecule has 31 heavy (non-hydrogen) atoms. The Kier molecular flexibility index (Phi) is 5.89. The number of thioether (sulfide) groups is 1. The van der Waals surface area contributed by atoms with Crippen molar-refractivity contribution in [2.24, 2.45) is 5.92 Å². The molecule has 158 valence electrons. The summed E-state index contributed by atoms with van der Waals surface area (Å²) >= 11 is 1.71. The lowest BCUT2D eigenvalue weighted by atomic mass is 9.95. The van der Waals surface area contributed by atoms with Crippen molar-refractivity contribution >= 4 is 29.2 Å². The normalized spacial score (nSPS) is 16.4. The van der Waals surface area contributed by atoms with Crippen LogP contribution in [0.1, 0.15) is 24.0 Å². The molecular formula is C25H26N4OS. The summed E-state index contributed by atoms with van der Waals surface area (Å²) < 4.78 is 0. The first kappa shape index (κ1) is 20.1. The van der Waals surface area contributed by atoms with E-state index in [1.54, 1.807) is 11.8 Å². The van der Waals surface area contributed by atoms with Gasteiger partial charge in [-0.2, -0.15) is 0 Å². The van der Waals surface area contributed by atoms with Gasteiger partial charge in [0.1, 0.15) is 10.8 Å². The van der Waals surface area contributed by atoms with E-state index >= 15 is 0 Å². The lowest BCUT2D eigenvalue weighted by molar-refractivity contribution is -0.122. The molecule has 0 unspecified atom stereocenters. The number of aromatic nitrogens is 2. The zero-order chi connectivity index (χ0) is 21.0. The summed E-state index contributed by atoms with van der Waals surface area (Å²) in [5, 5.41) is 0.938. The number of nitrogens with zero attached hydrogens (tertiary/aromatic N) is 4. The number of anilines is 2. The average Bonchev–Trinajstić information content (AvgIpc) is 3.27. The van der Waals surface area contributed by atoms with Gasteiger partial charge in [0.05, 0.1) is 12.4 Å². The summed E-state index contributed by atoms with van der Waals surface area (Å²) in [5.41, 5.74) is 3.67. The zero-order valence-electron chi connectivity index (χ0n) is 17.5. The van der Waals surface area contributed by atoms with Gasteiger partial charge in [-0.05, 0) is 36.5 Å². The smallest absolute Gasteiger partial charge is 0.230 e. The summed E-state index contributed by atoms with van der Waals surface area (Å²) in [7, 11) is 0. The van der Waals surface area contributed by atoms with Crippen LogP contribution in [0, 0.1) is 5.92 Å². The predicted molar refractivity (Wildman–Crippen MR) is 125 cm³/mol. The van der Waals surface area contributed by atoms with Crippen LogP contribution < -0.4 is 9.80 Å². The number of benzene rings is 2. The minimum atomic E-state index is 0.0889. The number of fused-ring (bicyclic) bond motifs is 1. The first-order chi connectivity index (χ1) is 15.3. The number of carbonyl (C=O) groups excluding carboxylic acids is 1. The molecule has 5 rings (SSSR count). The first-order valence-corrected chi connectivity index (χ1v) is 11.9. The van der Waals surface area contributed by atoms with Crippen LogP contribution in [0.5, 0.6) is 0 Å². The Morgan fingerprint density at radius 3 is 2.58 bits per heavy atom. The summed E-state index contributed by atoms with van der Waals surface area (Å²) in [6.45, 7) is 2.49. The van der Waals surface area contributed by atoms with Crippen LogP contribution in [-0.2, 0) is 17.0 Å². The standard InChI is InChI=1S/C25H26N4OS/c30-25(29-15-12-20-8-4-5-9-22(20)29)21-10-13-28(14-11-21)23-16-26-17-24(27-23)31-18-19-6-2-1-3-7-19/h1-9,16-17,21H,10-15,18H2. The van der Waals surface area contributed by atoms with Crippen molar-refractivity contribution in [3.05, 3.63) is 78.1 Å². The van der Waals surface area contributed by atoms with Crippen molar-refractivity contribution in [2.75, 3.05) is 29.4 Å². The number of amides is 1. The Morgan fingerprint density at radius 1 is 0.968 bits per heavy atom. The molecule has 5 nitrogen and oxygen atoms in total. The van der Waals surface area contributed by atoms with Gasteiger partial charge in [-0.3, -0.25) is 9.78 Å². The molecule has 1 aromatic heterocycles. The molecule has 2 aromatic carbocycles. The molecule has 6 heteroatoms. The largest absolute Gasteiger partial charge is 0.355 e. The van der Waals surface area contributed by atoms with E-state index < -0.39 is 0 Å². The maximum absolute atomic E-state index is 13.2. The lowest BCUT2D eigenvalue weighted by Gasteiger charge is -2.34. The molecular weight excluding hydrogens is 404 g/mol. The van der Waals surface area contributed by atoms with E-state index in [1.165, 1.54) is 11.1 Å². The Bertz CT molecular complexity index is 1050. The number of hydrogen-bond acceptors (Lipinski definition) is 5. The van der Waals surface area contributed by atoms with E-state index in [4.69, 9.17) is 4.98 Å². The van der Waals surface area contributed by atoms with Gasteiger partial charge in [0.15, 0.2) is 0 Å². The Morgan fingerprint density at radius 2 is 1.74 bits per heavy atom. The maximum Gasteiger partial charge on any atom is 0.230 e. The third kappa shape index (κ3) is 4.44. The summed E-state index contributed by atoms with van der Waals surface area (Å²) in [6, 6.07) is 18.7. The lowest BCUT2D eigenvalue weighted by Crippen LogP contribution is -2.42. The second-order valence-electron chi connectivity index (χ2n) is 8.12. The van der Waals surface area contributed by atoms with Crippen LogP contribution >= 0.6 is 11.8 Å². The molecule has 0 aliphatic carbocycles. The van der Waals surface area contributed by atoms with Gasteiger partial charge in [0.2, 0.25) is 5.91 Å². The van der Waals surface area contributed by atoms with E-state index in [1.807, 2.05) is 29.4 Å². The predicted octanol–water partition coefficient (Wildman–Crippen LogP) is 4.57. The SMILES string of the molecule is O=C(C1CCN(c2cncc(SCc3ccccc3)n2)CC1)N1CCc2ccccc21. The van der Waals surface area contributed by atoms with Crippen LogP contribution in [0.2, 0.25) is 0 Å². The molecule has 1 saturated heterocycles. The van der Waals surface area contributed by atoms with E-state index in [-0.39, 0.29) is 11.8 Å². The van der Waals surface area contributed by atoms with Crippen LogP contribution in [0.4, 0.5) is 11.5 Å². The number of hydrogen-bond donors (Lipinski definition) is 0. The highest BCUT2D eigenvalue weighted by molar-refractivity contribution is 7.98. The second-order valence-corrected chi connectivity index (χ2v) is 9.12. The Labute approximate surface area is 187 Å². The van der Waals surface area contributed by atoms with Crippen molar-refractivity contribution in [3.63, 3.8) is 0 Å². The molecule has 0 atom stereocenters. The second kappa shape index (κ2) is 9.10. The molecule has 2 aliphatic heterocycles. The Hall–Kier alpha value is -2.86. The van der Waals surface area contributed by atoms with Gasteiger partial charge in [-0.15, -0.1) is 11.8 Å². The van der Waals surface area contributed by atoms with Crippen molar-refractivity contribution in [3.8, 4) is 0 Å². The number of piperidine rings is 1. The Balaban J connectivity index is 1.19. The van der Waals surface area contributed by atoms with Crippen molar-refractivity contribution in [1.29, 1.82) is 0 Å². The molecule has 0 saturated carbocycles. The van der Waals surface area contributed by atoms with Crippen molar-refractivity contribution in [1.82, 2.24) is 9.97 Å². The fourth-order valence-electron chi connectivity index (χ4n) is 4.43. The summed E-state index contributed by atoms with van der Waals surface area (Å²) in [4.78, 5) is 26.7. The highest BCUT2D eigenvalue weighted by atomic mass is 32.2. The van der Waals surface area contributed by atoms with Gasteiger partial charge in [-0.1, -0.05) is 48.5 Å². The zero-order valence-corrected chi connectivity index (χ0v) is 18.3. The monoisotopic (exact) mass is 430 g/mol. The minimum absolute atomic E-state index is 0.0889. The summed E-state index contributed by atoms with van der Waals surface area (Å²) in [6.07, 6.45) is 6.36. The van der Waals surface area contributed by atoms with E-state index in [0.717, 1.165) is 61.2 Å². The number of carbonyl (C=O) groups is 1. The van der Waals surface area contributed by atoms with Gasteiger partial charge in [0, 0.05) is 37.0 Å². The van der Waals surface area contributed by atoms with E-state index in [9.17, 15) is 4.79 Å². The first-order valence-electron chi connectivity index (χ1n) is 10.9. The molecule has 0 bridgehead atoms. The highest BCUT2D eigenvalue weighted by Crippen LogP contribution is 2.32. The average molecular weight is 431 g/mol. The molecule has 3 heterocycles. The maximum atomic E-state index is 13.2. The van der Waals surface area contributed by atoms with Crippen molar-refractivity contribution < 1.29 is 4.79 Å². The molecule has 0 radical (unpaired) electrons. The van der Waals surface area contributed by atoms with Gasteiger partial charge in [0.25, 0.3) is 0 Å². The van der Waals surface area contributed by atoms with Crippen LogP contribution in [0.15, 0.2) is 72.0 Å². The van der Waals surface area contributed by atoms with Crippen molar-refractivity contribution in [2.45, 2.75) is 30.0 Å². The van der Waals surface area contributed by atoms with E-state index in [0.29, 0.717) is 0 Å². The quantitative estimate of drug-likeness (QED) is 0.555. The molecule has 0 spiro atoms. The molecule has 0 N–H and O–H groups in total. The fraction of sp³-hybridized carbons (Fsp3) is 0.320. The number of rotatable bonds is 5. The molecule has 1 amide bonds. The molecule has 3 aromatic rings. The van der Waals surface area contributed by atoms with Crippen LogP contribution in [-0.4, -0.2) is 35.5 Å². The topological polar surface area (TPSA) is 49.3 Å². The highest BCUT2D eigenvalue weighted by Gasteiger charge is 2.32. The third-order valence-electron chi connectivity index (χ3n) is 6.15. The number of para-hydroxylation sites is 1. The van der Waals surface area contributed by atoms with E-state index in [2.05, 4.69) is 52.3 Å². The van der Waals surface area contributed by atoms with Crippen LogP contribution in [0.3, 0.4) is 0 Å².